The summed E-state index contributed by atoms with van der Waals surface area (Å²) in [6, 6.07) is 0.573. The normalized spacial score (nSPS) is 13.8. The van der Waals surface area contributed by atoms with Gasteiger partial charge in [0.1, 0.15) is 0 Å². The van der Waals surface area contributed by atoms with Crippen LogP contribution in [-0.4, -0.2) is 30.4 Å². The summed E-state index contributed by atoms with van der Waals surface area (Å²) in [4.78, 5) is 22.5. The number of rotatable bonds is 12. The Morgan fingerprint density at radius 1 is 0.862 bits per heavy atom. The van der Waals surface area contributed by atoms with Crippen molar-refractivity contribution in [3.8, 4) is 0 Å². The van der Waals surface area contributed by atoms with Gasteiger partial charge < -0.3 is 25.1 Å². The Kier molecular flexibility index (Phi) is 36.0. The fraction of sp³-hybridized carbons (Fsp3) is 0.857. The molecule has 0 radical (unpaired) electrons. The van der Waals surface area contributed by atoms with E-state index in [4.69, 9.17) is 19.8 Å². The van der Waals surface area contributed by atoms with E-state index in [1.807, 2.05) is 0 Å². The molecule has 0 saturated heterocycles. The van der Waals surface area contributed by atoms with E-state index in [1.54, 1.807) is 0 Å². The van der Waals surface area contributed by atoms with Crippen molar-refractivity contribution in [3.05, 3.63) is 0 Å². The van der Waals surface area contributed by atoms with E-state index >= 15 is 0 Å². The van der Waals surface area contributed by atoms with Crippen LogP contribution in [0.3, 0.4) is 0 Å². The smallest absolute Gasteiger partial charge is 0.550 e. The Labute approximate surface area is 222 Å². The first kappa shape index (κ1) is 36.8. The quantitative estimate of drug-likeness (QED) is 0.257. The van der Waals surface area contributed by atoms with Crippen LogP contribution in [-0.2, 0) is 9.59 Å². The predicted molar refractivity (Wildman–Crippen MR) is 107 cm³/mol. The van der Waals surface area contributed by atoms with Crippen molar-refractivity contribution in [2.45, 2.75) is 111 Å². The molecule has 1 N–H and O–H groups in total. The molecule has 6 nitrogen and oxygen atoms in total. The molecule has 0 fully saturated rings. The first-order valence-corrected chi connectivity index (χ1v) is 10.5. The fourth-order valence-electron chi connectivity index (χ4n) is 2.80. The molecule has 0 aromatic carbocycles. The third kappa shape index (κ3) is 36.2. The van der Waals surface area contributed by atoms with Crippen molar-refractivity contribution < 1.29 is 78.9 Å². The molecule has 0 bridgehead atoms. The molecule has 160 valence electrons. The van der Waals surface area contributed by atoms with Crippen LogP contribution in [0.15, 0.2) is 4.99 Å². The average molecular weight is 431 g/mol. The van der Waals surface area contributed by atoms with Crippen LogP contribution in [0.1, 0.15) is 105 Å². The van der Waals surface area contributed by atoms with Gasteiger partial charge in [-0.25, -0.2) is 0 Å². The van der Waals surface area contributed by atoms with Crippen molar-refractivity contribution in [1.29, 1.82) is 0 Å². The zero-order chi connectivity index (χ0) is 20.9. The number of hydrogen-bond acceptors (Lipinski definition) is 6. The van der Waals surface area contributed by atoms with E-state index in [-0.39, 0.29) is 59.1 Å². The Bertz CT molecular complexity index is 388. The minimum Gasteiger partial charge on any atom is -0.550 e. The van der Waals surface area contributed by atoms with Gasteiger partial charge in [0, 0.05) is 24.9 Å². The van der Waals surface area contributed by atoms with Crippen molar-refractivity contribution in [2.24, 2.45) is 4.99 Å². The molecule has 1 aliphatic heterocycles. The van der Waals surface area contributed by atoms with Gasteiger partial charge >= 0.3 is 59.1 Å². The molecule has 1 rings (SSSR count). The van der Waals surface area contributed by atoms with Gasteiger partial charge in [-0.2, -0.15) is 0 Å². The molecule has 1 aliphatic rings. The monoisotopic (exact) mass is 430 g/mol. The maximum absolute atomic E-state index is 8.89. The number of amidine groups is 1. The summed E-state index contributed by atoms with van der Waals surface area (Å²) in [6.45, 7) is 7.49. The standard InChI is InChI=1S/C17H34N2.2C2H4O2.2Na/c1-3-5-6-7-8-9-10-11-12-13-14-16-15-18-17(4-2)19-16;2*1-2(3)4;;/h16H,3-15H2,1-2H3,(H,18,19);2*1H3,(H,3,4);;/q;;;2*+1/p-2. The number of aliphatic carboxylic acids is 2. The van der Waals surface area contributed by atoms with Crippen LogP contribution >= 0.6 is 0 Å². The minimum atomic E-state index is -1.08. The number of carbonyl (C=O) groups excluding carboxylic acids is 2. The first-order valence-electron chi connectivity index (χ1n) is 10.5. The summed E-state index contributed by atoms with van der Waals surface area (Å²) in [5.74, 6) is -0.947. The molecule has 8 heteroatoms. The van der Waals surface area contributed by atoms with Crippen molar-refractivity contribution in [1.82, 2.24) is 5.32 Å². The van der Waals surface area contributed by atoms with Crippen molar-refractivity contribution >= 4 is 17.8 Å². The molecule has 29 heavy (non-hydrogen) atoms. The molecule has 0 aliphatic carbocycles. The van der Waals surface area contributed by atoms with Gasteiger partial charge in [0.2, 0.25) is 0 Å². The second-order valence-corrected chi connectivity index (χ2v) is 6.92. The van der Waals surface area contributed by atoms with E-state index in [0.29, 0.717) is 6.04 Å². The Morgan fingerprint density at radius 2 is 1.24 bits per heavy atom. The molecule has 0 aromatic rings. The topological polar surface area (TPSA) is 105 Å². The molecular weight excluding hydrogens is 390 g/mol. The summed E-state index contributed by atoms with van der Waals surface area (Å²) in [7, 11) is 0. The first-order chi connectivity index (χ1) is 12.8. The number of carboxylic acids is 2. The minimum absolute atomic E-state index is 0. The SMILES string of the molecule is CC(=O)[O-].CC(=O)[O-].CCCCCCCCCCCCC1CNC(CC)=N1.[Na+].[Na+]. The number of nitrogens with zero attached hydrogens (tertiary/aromatic N) is 1. The van der Waals surface area contributed by atoms with Crippen LogP contribution in [0.5, 0.6) is 0 Å². The Morgan fingerprint density at radius 3 is 1.59 bits per heavy atom. The summed E-state index contributed by atoms with van der Waals surface area (Å²) in [5, 5.41) is 21.2. The summed E-state index contributed by atoms with van der Waals surface area (Å²) < 4.78 is 0. The van der Waals surface area contributed by atoms with Gasteiger partial charge in [-0.3, -0.25) is 4.99 Å². The number of nitrogens with one attached hydrogen (secondary N) is 1. The number of carboxylic acid groups (broad SMARTS) is 2. The number of carbonyl (C=O) groups is 2. The summed E-state index contributed by atoms with van der Waals surface area (Å²) in [6.07, 6.45) is 16.6. The van der Waals surface area contributed by atoms with E-state index < -0.39 is 11.9 Å². The van der Waals surface area contributed by atoms with Gasteiger partial charge in [-0.15, -0.1) is 0 Å². The number of hydrogen-bond donors (Lipinski definition) is 1. The molecular formula is C21H40N2Na2O4. The molecule has 1 unspecified atom stereocenters. The Hall–Kier alpha value is 0.410. The van der Waals surface area contributed by atoms with Gasteiger partial charge in [0.15, 0.2) is 0 Å². The zero-order valence-corrected chi connectivity index (χ0v) is 23.8. The summed E-state index contributed by atoms with van der Waals surface area (Å²) >= 11 is 0. The van der Waals surface area contributed by atoms with E-state index in [0.717, 1.165) is 26.8 Å². The molecule has 0 aromatic heterocycles. The second kappa shape index (κ2) is 28.4. The third-order valence-corrected chi connectivity index (χ3v) is 4.11. The molecule has 1 heterocycles. The summed E-state index contributed by atoms with van der Waals surface area (Å²) in [5.41, 5.74) is 0. The molecule has 0 saturated carbocycles. The van der Waals surface area contributed by atoms with E-state index in [9.17, 15) is 0 Å². The van der Waals surface area contributed by atoms with Crippen molar-refractivity contribution in [3.63, 3.8) is 0 Å². The van der Waals surface area contributed by atoms with Crippen molar-refractivity contribution in [2.75, 3.05) is 6.54 Å². The van der Waals surface area contributed by atoms with Crippen LogP contribution in [0.25, 0.3) is 0 Å². The van der Waals surface area contributed by atoms with Crippen LogP contribution in [0, 0.1) is 0 Å². The third-order valence-electron chi connectivity index (χ3n) is 4.11. The molecule has 0 amide bonds. The van der Waals surface area contributed by atoms with Crippen LogP contribution < -0.4 is 74.6 Å². The maximum atomic E-state index is 8.89. The van der Waals surface area contributed by atoms with Gasteiger partial charge in [0.25, 0.3) is 0 Å². The number of aliphatic imine (C=N–C) groups is 1. The molecule has 0 spiro atoms. The predicted octanol–water partition coefficient (Wildman–Crippen LogP) is -3.40. The van der Waals surface area contributed by atoms with Gasteiger partial charge in [0.05, 0.1) is 11.9 Å². The average Bonchev–Trinajstić information content (AvgIpc) is 3.03. The Balaban J connectivity index is -0.000000267. The zero-order valence-electron chi connectivity index (χ0n) is 19.8. The van der Waals surface area contributed by atoms with E-state index in [2.05, 4.69) is 24.2 Å². The second-order valence-electron chi connectivity index (χ2n) is 6.92. The van der Waals surface area contributed by atoms with Gasteiger partial charge in [-0.05, 0) is 20.3 Å². The van der Waals surface area contributed by atoms with Crippen LogP contribution in [0.2, 0.25) is 0 Å². The van der Waals surface area contributed by atoms with Crippen LogP contribution in [0.4, 0.5) is 0 Å². The van der Waals surface area contributed by atoms with Gasteiger partial charge in [-0.1, -0.05) is 78.1 Å². The fourth-order valence-corrected chi connectivity index (χ4v) is 2.80. The largest absolute Gasteiger partial charge is 1.00 e. The maximum Gasteiger partial charge on any atom is 1.00 e. The van der Waals surface area contributed by atoms with E-state index in [1.165, 1.54) is 76.5 Å². The molecule has 1 atom stereocenters. The number of unbranched alkanes of at least 4 members (excludes halogenated alkanes) is 9.